The maximum atomic E-state index is 13.1. The highest BCUT2D eigenvalue weighted by atomic mass is 19.3. The van der Waals surface area contributed by atoms with E-state index in [2.05, 4.69) is 4.74 Å². The van der Waals surface area contributed by atoms with Crippen molar-refractivity contribution in [1.29, 1.82) is 0 Å². The van der Waals surface area contributed by atoms with Crippen molar-refractivity contribution in [2.24, 2.45) is 0 Å². The number of rotatable bonds is 4. The fourth-order valence-corrected chi connectivity index (χ4v) is 1.10. The Morgan fingerprint density at radius 2 is 2.06 bits per heavy atom. The minimum atomic E-state index is -3.51. The molecule has 17 heavy (non-hydrogen) atoms. The molecule has 1 aromatic carbocycles. The number of ether oxygens (including phenoxy) is 1. The van der Waals surface area contributed by atoms with Crippen LogP contribution in [0.4, 0.5) is 18.9 Å². The lowest BCUT2D eigenvalue weighted by molar-refractivity contribution is -0.386. The van der Waals surface area contributed by atoms with Crippen molar-refractivity contribution in [3.63, 3.8) is 0 Å². The minimum absolute atomic E-state index is 0.486. The monoisotopic (exact) mass is 251 g/mol. The van der Waals surface area contributed by atoms with E-state index in [0.717, 1.165) is 0 Å². The molecule has 0 bridgehead atoms. The van der Waals surface area contributed by atoms with Crippen molar-refractivity contribution in [3.05, 3.63) is 33.6 Å². The standard InChI is InChI=1S/C8H4F3NO5/c9-3-1-2-4(12(15)16)6(17-8(10)11)5(3)7(13)14/h1-2,8H,(H,13,14). The highest BCUT2D eigenvalue weighted by Crippen LogP contribution is 2.34. The van der Waals surface area contributed by atoms with Gasteiger partial charge in [-0.3, -0.25) is 10.1 Å². The third-order valence-electron chi connectivity index (χ3n) is 1.70. The summed E-state index contributed by atoms with van der Waals surface area (Å²) in [6.07, 6.45) is 0. The molecular weight excluding hydrogens is 247 g/mol. The molecule has 1 rings (SSSR count). The Labute approximate surface area is 91.4 Å². The maximum absolute atomic E-state index is 13.1. The van der Waals surface area contributed by atoms with Crippen LogP contribution in [0.2, 0.25) is 0 Å². The number of carboxylic acid groups (broad SMARTS) is 1. The van der Waals surface area contributed by atoms with Crippen molar-refractivity contribution in [3.8, 4) is 5.75 Å². The number of nitro groups is 1. The van der Waals surface area contributed by atoms with Crippen LogP contribution in [-0.2, 0) is 0 Å². The zero-order valence-electron chi connectivity index (χ0n) is 7.89. The Kier molecular flexibility index (Phi) is 3.51. The number of benzene rings is 1. The van der Waals surface area contributed by atoms with E-state index in [4.69, 9.17) is 5.11 Å². The van der Waals surface area contributed by atoms with E-state index in [9.17, 15) is 28.1 Å². The minimum Gasteiger partial charge on any atom is -0.477 e. The molecule has 0 radical (unpaired) electrons. The van der Waals surface area contributed by atoms with Gasteiger partial charge in [0, 0.05) is 6.07 Å². The highest BCUT2D eigenvalue weighted by Gasteiger charge is 2.29. The molecule has 6 nitrogen and oxygen atoms in total. The topological polar surface area (TPSA) is 89.7 Å². The first kappa shape index (κ1) is 12.7. The van der Waals surface area contributed by atoms with E-state index in [-0.39, 0.29) is 0 Å². The lowest BCUT2D eigenvalue weighted by Crippen LogP contribution is -2.11. The normalized spacial score (nSPS) is 10.4. The first-order chi connectivity index (χ1) is 7.84. The second-order valence-corrected chi connectivity index (χ2v) is 2.71. The number of hydrogen-bond donors (Lipinski definition) is 1. The molecular formula is C8H4F3NO5. The van der Waals surface area contributed by atoms with Crippen LogP contribution in [0.15, 0.2) is 12.1 Å². The van der Waals surface area contributed by atoms with Gasteiger partial charge in [0.2, 0.25) is 5.75 Å². The van der Waals surface area contributed by atoms with Gasteiger partial charge in [-0.15, -0.1) is 0 Å². The average molecular weight is 251 g/mol. The Bertz CT molecular complexity index is 476. The van der Waals surface area contributed by atoms with Crippen molar-refractivity contribution in [2.75, 3.05) is 0 Å². The smallest absolute Gasteiger partial charge is 0.387 e. The molecule has 0 saturated heterocycles. The van der Waals surface area contributed by atoms with E-state index < -0.39 is 40.3 Å². The van der Waals surface area contributed by atoms with Gasteiger partial charge < -0.3 is 9.84 Å². The second kappa shape index (κ2) is 4.68. The van der Waals surface area contributed by atoms with Gasteiger partial charge in [0.25, 0.3) is 0 Å². The molecule has 9 heteroatoms. The summed E-state index contributed by atoms with van der Waals surface area (Å²) in [6.45, 7) is -3.51. The summed E-state index contributed by atoms with van der Waals surface area (Å²) in [6, 6.07) is 1.03. The van der Waals surface area contributed by atoms with Crippen LogP contribution in [0.25, 0.3) is 0 Å². The van der Waals surface area contributed by atoms with Crippen LogP contribution in [0, 0.1) is 15.9 Å². The van der Waals surface area contributed by atoms with Crippen molar-refractivity contribution >= 4 is 11.7 Å². The Hall–Kier alpha value is -2.32. The van der Waals surface area contributed by atoms with E-state index in [0.29, 0.717) is 12.1 Å². The number of alkyl halides is 2. The van der Waals surface area contributed by atoms with E-state index in [1.165, 1.54) is 0 Å². The van der Waals surface area contributed by atoms with Crippen LogP contribution < -0.4 is 4.74 Å². The van der Waals surface area contributed by atoms with Crippen LogP contribution >= 0.6 is 0 Å². The molecule has 0 fully saturated rings. The predicted molar refractivity (Wildman–Crippen MR) is 46.6 cm³/mol. The number of nitrogens with zero attached hydrogens (tertiary/aromatic N) is 1. The molecule has 1 aromatic rings. The van der Waals surface area contributed by atoms with Gasteiger partial charge in [0.05, 0.1) is 4.92 Å². The van der Waals surface area contributed by atoms with Gasteiger partial charge in [-0.05, 0) is 6.07 Å². The summed E-state index contributed by atoms with van der Waals surface area (Å²) in [5.74, 6) is -4.65. The molecule has 0 atom stereocenters. The van der Waals surface area contributed by atoms with E-state index in [1.54, 1.807) is 0 Å². The van der Waals surface area contributed by atoms with E-state index >= 15 is 0 Å². The summed E-state index contributed by atoms with van der Waals surface area (Å²) < 4.78 is 40.7. The molecule has 0 amide bonds. The first-order valence-electron chi connectivity index (χ1n) is 3.99. The third kappa shape index (κ3) is 2.62. The van der Waals surface area contributed by atoms with Crippen molar-refractivity contribution in [2.45, 2.75) is 6.61 Å². The number of nitro benzene ring substituents is 1. The Morgan fingerprint density at radius 3 is 2.47 bits per heavy atom. The number of halogens is 3. The molecule has 0 aromatic heterocycles. The average Bonchev–Trinajstić information content (AvgIpc) is 2.15. The lowest BCUT2D eigenvalue weighted by Gasteiger charge is -2.08. The summed E-state index contributed by atoms with van der Waals surface area (Å²) in [4.78, 5) is 19.9. The van der Waals surface area contributed by atoms with Gasteiger partial charge >= 0.3 is 18.3 Å². The van der Waals surface area contributed by atoms with Gasteiger partial charge in [-0.2, -0.15) is 8.78 Å². The molecule has 0 unspecified atom stereocenters. The number of carboxylic acids is 1. The Balaban J connectivity index is 3.49. The van der Waals surface area contributed by atoms with Crippen LogP contribution in [0.1, 0.15) is 10.4 Å². The Morgan fingerprint density at radius 1 is 1.47 bits per heavy atom. The van der Waals surface area contributed by atoms with Crippen molar-refractivity contribution < 1.29 is 32.7 Å². The molecule has 0 spiro atoms. The first-order valence-corrected chi connectivity index (χ1v) is 3.99. The molecule has 0 aliphatic carbocycles. The third-order valence-corrected chi connectivity index (χ3v) is 1.70. The fraction of sp³-hybridized carbons (Fsp3) is 0.125. The molecule has 0 aliphatic rings. The molecule has 0 heterocycles. The van der Waals surface area contributed by atoms with Gasteiger partial charge in [0.1, 0.15) is 11.4 Å². The molecule has 1 N–H and O–H groups in total. The number of hydrogen-bond acceptors (Lipinski definition) is 4. The quantitative estimate of drug-likeness (QED) is 0.653. The van der Waals surface area contributed by atoms with Crippen LogP contribution in [0.5, 0.6) is 5.75 Å². The van der Waals surface area contributed by atoms with Crippen LogP contribution in [0.3, 0.4) is 0 Å². The zero-order chi connectivity index (χ0) is 13.2. The SMILES string of the molecule is O=C(O)c1c(F)ccc([N+](=O)[O-])c1OC(F)F. The summed E-state index contributed by atoms with van der Waals surface area (Å²) in [7, 11) is 0. The molecule has 0 saturated carbocycles. The molecule has 0 aliphatic heterocycles. The van der Waals surface area contributed by atoms with Crippen molar-refractivity contribution in [1.82, 2.24) is 0 Å². The largest absolute Gasteiger partial charge is 0.477 e. The summed E-state index contributed by atoms with van der Waals surface area (Å²) in [5.41, 5.74) is -2.36. The predicted octanol–water partition coefficient (Wildman–Crippen LogP) is 2.03. The van der Waals surface area contributed by atoms with Gasteiger partial charge in [0.15, 0.2) is 0 Å². The van der Waals surface area contributed by atoms with Crippen LogP contribution in [-0.4, -0.2) is 22.6 Å². The van der Waals surface area contributed by atoms with E-state index in [1.807, 2.05) is 0 Å². The summed E-state index contributed by atoms with van der Waals surface area (Å²) >= 11 is 0. The number of carbonyl (C=O) groups is 1. The maximum Gasteiger partial charge on any atom is 0.387 e. The summed E-state index contributed by atoms with van der Waals surface area (Å²) in [5, 5.41) is 19.0. The zero-order valence-corrected chi connectivity index (χ0v) is 7.89. The second-order valence-electron chi connectivity index (χ2n) is 2.71. The molecule has 92 valence electrons. The highest BCUT2D eigenvalue weighted by molar-refractivity contribution is 5.93. The lowest BCUT2D eigenvalue weighted by atomic mass is 10.1. The van der Waals surface area contributed by atoms with Gasteiger partial charge in [-0.1, -0.05) is 0 Å². The van der Waals surface area contributed by atoms with Gasteiger partial charge in [-0.25, -0.2) is 9.18 Å². The fourth-order valence-electron chi connectivity index (χ4n) is 1.10. The number of aromatic carboxylic acids is 1.